The first-order valence-electron chi connectivity index (χ1n) is 6.51. The molecule has 0 spiro atoms. The molecule has 1 N–H and O–H groups in total. The predicted octanol–water partition coefficient (Wildman–Crippen LogP) is 3.83. The molecule has 0 bridgehead atoms. The van der Waals surface area contributed by atoms with Crippen LogP contribution in [0.3, 0.4) is 0 Å². The number of benzene rings is 1. The summed E-state index contributed by atoms with van der Waals surface area (Å²) in [7, 11) is 0. The van der Waals surface area contributed by atoms with E-state index >= 15 is 0 Å². The van der Waals surface area contributed by atoms with Crippen LogP contribution in [0.4, 0.5) is 0 Å². The Morgan fingerprint density at radius 1 is 1.40 bits per heavy atom. The number of esters is 1. The molecule has 0 aliphatic heterocycles. The van der Waals surface area contributed by atoms with E-state index < -0.39 is 11.9 Å². The van der Waals surface area contributed by atoms with Crippen LogP contribution in [-0.4, -0.2) is 23.7 Å². The van der Waals surface area contributed by atoms with E-state index in [9.17, 15) is 14.7 Å². The summed E-state index contributed by atoms with van der Waals surface area (Å²) in [6.07, 6.45) is 0.597. The number of hydrogen-bond acceptors (Lipinski definition) is 3. The van der Waals surface area contributed by atoms with Crippen molar-refractivity contribution >= 4 is 27.9 Å². The van der Waals surface area contributed by atoms with Gasteiger partial charge in [-0.15, -0.1) is 0 Å². The summed E-state index contributed by atoms with van der Waals surface area (Å²) in [5.41, 5.74) is 1.69. The third-order valence-electron chi connectivity index (χ3n) is 2.97. The fourth-order valence-electron chi connectivity index (χ4n) is 2.08. The lowest BCUT2D eigenvalue weighted by Crippen LogP contribution is -2.16. The van der Waals surface area contributed by atoms with Crippen molar-refractivity contribution in [2.75, 3.05) is 6.61 Å². The van der Waals surface area contributed by atoms with Gasteiger partial charge in [0.25, 0.3) is 0 Å². The first-order valence-corrected chi connectivity index (χ1v) is 7.31. The number of carbonyl (C=O) groups excluding carboxylic acids is 1. The van der Waals surface area contributed by atoms with Gasteiger partial charge in [0.2, 0.25) is 0 Å². The Hall–Kier alpha value is -1.36. The molecule has 110 valence electrons. The maximum atomic E-state index is 12.0. The summed E-state index contributed by atoms with van der Waals surface area (Å²) >= 11 is 3.39. The van der Waals surface area contributed by atoms with Crippen molar-refractivity contribution in [3.63, 3.8) is 0 Å². The van der Waals surface area contributed by atoms with Gasteiger partial charge in [-0.25, -0.2) is 9.59 Å². The molecule has 1 aromatic rings. The van der Waals surface area contributed by atoms with Crippen molar-refractivity contribution in [2.24, 2.45) is 5.92 Å². The third kappa shape index (κ3) is 3.60. The highest BCUT2D eigenvalue weighted by Crippen LogP contribution is 2.29. The van der Waals surface area contributed by atoms with E-state index in [4.69, 9.17) is 4.74 Å². The van der Waals surface area contributed by atoms with Crippen LogP contribution in [-0.2, 0) is 11.2 Å². The summed E-state index contributed by atoms with van der Waals surface area (Å²) in [5.74, 6) is -1.41. The van der Waals surface area contributed by atoms with Crippen LogP contribution in [0.15, 0.2) is 10.5 Å². The van der Waals surface area contributed by atoms with Gasteiger partial charge < -0.3 is 9.84 Å². The minimum atomic E-state index is -1.10. The monoisotopic (exact) mass is 342 g/mol. The Bertz CT molecular complexity index is 535. The van der Waals surface area contributed by atoms with E-state index in [1.807, 2.05) is 20.8 Å². The average molecular weight is 343 g/mol. The molecule has 0 aliphatic rings. The van der Waals surface area contributed by atoms with Crippen LogP contribution >= 0.6 is 15.9 Å². The molecular weight excluding hydrogens is 324 g/mol. The number of carboxylic acids is 1. The van der Waals surface area contributed by atoms with Crippen LogP contribution in [0, 0.1) is 12.8 Å². The molecule has 0 atom stereocenters. The van der Waals surface area contributed by atoms with Gasteiger partial charge in [0.05, 0.1) is 17.7 Å². The topological polar surface area (TPSA) is 63.6 Å². The number of hydrogen-bond donors (Lipinski definition) is 1. The summed E-state index contributed by atoms with van der Waals surface area (Å²) in [4.78, 5) is 23.5. The number of halogens is 1. The number of carbonyl (C=O) groups is 2. The van der Waals surface area contributed by atoms with Gasteiger partial charge in [-0.3, -0.25) is 0 Å². The first-order chi connectivity index (χ1) is 9.29. The van der Waals surface area contributed by atoms with Crippen molar-refractivity contribution in [1.29, 1.82) is 0 Å². The van der Waals surface area contributed by atoms with E-state index in [0.29, 0.717) is 12.0 Å². The average Bonchev–Trinajstić information content (AvgIpc) is 2.33. The minimum absolute atomic E-state index is 0.0536. The van der Waals surface area contributed by atoms with E-state index in [1.165, 1.54) is 6.07 Å². The second kappa shape index (κ2) is 6.88. The Balaban J connectivity index is 3.55. The fourth-order valence-corrected chi connectivity index (χ4v) is 2.55. The summed E-state index contributed by atoms with van der Waals surface area (Å²) in [6.45, 7) is 7.77. The van der Waals surface area contributed by atoms with Gasteiger partial charge in [0.15, 0.2) is 0 Å². The lowest BCUT2D eigenvalue weighted by molar-refractivity contribution is 0.0514. The third-order valence-corrected chi connectivity index (χ3v) is 3.80. The number of carboxylic acid groups (broad SMARTS) is 1. The summed E-state index contributed by atoms with van der Waals surface area (Å²) in [6, 6.07) is 1.53. The van der Waals surface area contributed by atoms with Gasteiger partial charge in [0.1, 0.15) is 0 Å². The molecule has 20 heavy (non-hydrogen) atoms. The standard InChI is InChI=1S/C15H19BrO4/c1-5-20-15(19)11-7-12(16)9(4)10(6-8(2)3)13(11)14(17)18/h7-8H,5-6H2,1-4H3,(H,17,18). The SMILES string of the molecule is CCOC(=O)c1cc(Br)c(C)c(CC(C)C)c1C(=O)O. The van der Waals surface area contributed by atoms with Crippen LogP contribution in [0.1, 0.15) is 52.6 Å². The van der Waals surface area contributed by atoms with E-state index in [0.717, 1.165) is 10.0 Å². The highest BCUT2D eigenvalue weighted by atomic mass is 79.9. The molecule has 4 nitrogen and oxygen atoms in total. The summed E-state index contributed by atoms with van der Waals surface area (Å²) < 4.78 is 5.67. The molecule has 1 rings (SSSR count). The Morgan fingerprint density at radius 2 is 2.00 bits per heavy atom. The number of rotatable bonds is 5. The van der Waals surface area contributed by atoms with Gasteiger partial charge >= 0.3 is 11.9 Å². The highest BCUT2D eigenvalue weighted by Gasteiger charge is 2.25. The zero-order valence-corrected chi connectivity index (χ0v) is 13.7. The van der Waals surface area contributed by atoms with Crippen molar-refractivity contribution in [3.8, 4) is 0 Å². The lowest BCUT2D eigenvalue weighted by Gasteiger charge is -2.17. The molecule has 0 radical (unpaired) electrons. The van der Waals surface area contributed by atoms with Gasteiger partial charge in [0, 0.05) is 4.47 Å². The molecule has 1 aromatic carbocycles. The van der Waals surface area contributed by atoms with Crippen LogP contribution in [0.2, 0.25) is 0 Å². The van der Waals surface area contributed by atoms with Crippen molar-refractivity contribution in [3.05, 3.63) is 32.8 Å². The van der Waals surface area contributed by atoms with Crippen molar-refractivity contribution in [1.82, 2.24) is 0 Å². The Morgan fingerprint density at radius 3 is 2.45 bits per heavy atom. The zero-order chi connectivity index (χ0) is 15.4. The van der Waals surface area contributed by atoms with Gasteiger partial charge in [-0.05, 0) is 43.4 Å². The van der Waals surface area contributed by atoms with Crippen LogP contribution in [0.25, 0.3) is 0 Å². The largest absolute Gasteiger partial charge is 0.478 e. The quantitative estimate of drug-likeness (QED) is 0.826. The van der Waals surface area contributed by atoms with Crippen molar-refractivity contribution in [2.45, 2.75) is 34.1 Å². The van der Waals surface area contributed by atoms with E-state index in [1.54, 1.807) is 6.92 Å². The van der Waals surface area contributed by atoms with Gasteiger partial charge in [-0.2, -0.15) is 0 Å². The molecule has 0 saturated heterocycles. The molecule has 0 aliphatic carbocycles. The number of ether oxygens (including phenoxy) is 1. The Kier molecular flexibility index (Phi) is 5.74. The first kappa shape index (κ1) is 16.7. The van der Waals surface area contributed by atoms with Crippen LogP contribution in [0.5, 0.6) is 0 Å². The van der Waals surface area contributed by atoms with Crippen LogP contribution < -0.4 is 0 Å². The molecule has 5 heteroatoms. The molecular formula is C15H19BrO4. The van der Waals surface area contributed by atoms with Crippen molar-refractivity contribution < 1.29 is 19.4 Å². The molecule has 0 saturated carbocycles. The zero-order valence-electron chi connectivity index (χ0n) is 12.1. The lowest BCUT2D eigenvalue weighted by atomic mass is 9.90. The number of aromatic carboxylic acids is 1. The van der Waals surface area contributed by atoms with E-state index in [-0.39, 0.29) is 23.7 Å². The summed E-state index contributed by atoms with van der Waals surface area (Å²) in [5, 5.41) is 9.47. The molecule has 0 fully saturated rings. The second-order valence-corrected chi connectivity index (χ2v) is 5.86. The minimum Gasteiger partial charge on any atom is -0.478 e. The maximum absolute atomic E-state index is 12.0. The van der Waals surface area contributed by atoms with Gasteiger partial charge in [-0.1, -0.05) is 29.8 Å². The maximum Gasteiger partial charge on any atom is 0.339 e. The fraction of sp³-hybridized carbons (Fsp3) is 0.467. The highest BCUT2D eigenvalue weighted by molar-refractivity contribution is 9.10. The Labute approximate surface area is 127 Å². The molecule has 0 unspecified atom stereocenters. The smallest absolute Gasteiger partial charge is 0.339 e. The predicted molar refractivity (Wildman–Crippen MR) is 80.3 cm³/mol. The van der Waals surface area contributed by atoms with E-state index in [2.05, 4.69) is 15.9 Å². The molecule has 0 aromatic heterocycles. The molecule has 0 heterocycles. The second-order valence-electron chi connectivity index (χ2n) is 5.01. The normalized spacial score (nSPS) is 10.7. The molecule has 0 amide bonds.